The zero-order valence-corrected chi connectivity index (χ0v) is 22.0. The van der Waals surface area contributed by atoms with Crippen LogP contribution in [0.5, 0.6) is 0 Å². The van der Waals surface area contributed by atoms with Crippen molar-refractivity contribution in [2.75, 3.05) is 18.5 Å². The van der Waals surface area contributed by atoms with Crippen LogP contribution in [-0.4, -0.2) is 81.0 Å². The number of nitrogens with one attached hydrogen (secondary N) is 1. The molecule has 14 nitrogen and oxygen atoms in total. The number of ether oxygens (including phenoxy) is 5. The fourth-order valence-electron chi connectivity index (χ4n) is 4.01. The third kappa shape index (κ3) is 7.25. The molecule has 0 radical (unpaired) electrons. The van der Waals surface area contributed by atoms with Crippen molar-refractivity contribution >= 4 is 40.9 Å². The molecule has 5 atom stereocenters. The largest absolute Gasteiger partial charge is 0.463 e. The average molecular weight is 534 g/mol. The minimum Gasteiger partial charge on any atom is -0.463 e. The van der Waals surface area contributed by atoms with Gasteiger partial charge in [-0.3, -0.25) is 23.7 Å². The van der Waals surface area contributed by atoms with E-state index in [9.17, 15) is 19.2 Å². The van der Waals surface area contributed by atoms with Crippen LogP contribution in [0.3, 0.4) is 0 Å². The summed E-state index contributed by atoms with van der Waals surface area (Å²) >= 11 is 0. The Balaban J connectivity index is 1.92. The predicted molar refractivity (Wildman–Crippen MR) is 130 cm³/mol. The summed E-state index contributed by atoms with van der Waals surface area (Å²) in [4.78, 5) is 59.2. The summed E-state index contributed by atoms with van der Waals surface area (Å²) in [6.07, 6.45) is 0.611. The summed E-state index contributed by atoms with van der Waals surface area (Å²) in [7, 11) is 0. The van der Waals surface area contributed by atoms with E-state index in [2.05, 4.69) is 20.3 Å². The Bertz CT molecular complexity index is 1230. The third-order valence-corrected chi connectivity index (χ3v) is 5.38. The highest BCUT2D eigenvalue weighted by molar-refractivity contribution is 5.83. The molecule has 2 aromatic rings. The van der Waals surface area contributed by atoms with Crippen molar-refractivity contribution in [3.63, 3.8) is 0 Å². The first-order valence-corrected chi connectivity index (χ1v) is 11.8. The molecule has 0 bridgehead atoms. The predicted octanol–water partition coefficient (Wildman–Crippen LogP) is 1.46. The van der Waals surface area contributed by atoms with E-state index in [0.717, 1.165) is 5.57 Å². The number of hydrogen-bond donors (Lipinski definition) is 1. The fraction of sp³-hybridized carbons (Fsp3) is 0.542. The summed E-state index contributed by atoms with van der Waals surface area (Å²) < 4.78 is 28.6. The molecule has 1 aliphatic heterocycles. The van der Waals surface area contributed by atoms with Crippen molar-refractivity contribution in [1.29, 1.82) is 0 Å². The zero-order chi connectivity index (χ0) is 28.0. The minimum atomic E-state index is -1.08. The Morgan fingerprint density at radius 2 is 1.63 bits per heavy atom. The molecule has 1 aliphatic rings. The molecule has 1 fully saturated rings. The van der Waals surface area contributed by atoms with Crippen LogP contribution in [0.4, 0.5) is 5.82 Å². The molecular formula is C24H31N5O9. The smallest absolute Gasteiger partial charge is 0.303 e. The van der Waals surface area contributed by atoms with Gasteiger partial charge in [-0.2, -0.15) is 0 Å². The number of hydrogen-bond acceptors (Lipinski definition) is 13. The number of carbonyl (C=O) groups excluding carboxylic acids is 4. The van der Waals surface area contributed by atoms with E-state index >= 15 is 0 Å². The summed E-state index contributed by atoms with van der Waals surface area (Å²) in [5.74, 6) is -1.74. The molecule has 0 aromatic carbocycles. The third-order valence-electron chi connectivity index (χ3n) is 5.38. The minimum absolute atomic E-state index is 0.170. The van der Waals surface area contributed by atoms with E-state index in [4.69, 9.17) is 23.7 Å². The Morgan fingerprint density at radius 1 is 0.974 bits per heavy atom. The van der Waals surface area contributed by atoms with Gasteiger partial charge in [-0.25, -0.2) is 15.0 Å². The highest BCUT2D eigenvalue weighted by Crippen LogP contribution is 2.36. The number of fused-ring (bicyclic) bond motifs is 1. The van der Waals surface area contributed by atoms with Gasteiger partial charge in [0.25, 0.3) is 0 Å². The van der Waals surface area contributed by atoms with E-state index in [1.54, 1.807) is 0 Å². The van der Waals surface area contributed by atoms with Crippen LogP contribution >= 0.6 is 0 Å². The highest BCUT2D eigenvalue weighted by atomic mass is 16.7. The molecule has 0 spiro atoms. The Kier molecular flexibility index (Phi) is 9.34. The molecule has 1 N–H and O–H groups in total. The number of imidazole rings is 1. The van der Waals surface area contributed by atoms with Crippen LogP contribution in [0, 0.1) is 0 Å². The van der Waals surface area contributed by atoms with Gasteiger partial charge in [0, 0.05) is 33.7 Å². The summed E-state index contributed by atoms with van der Waals surface area (Å²) in [5, 5.41) is 3.23. The van der Waals surface area contributed by atoms with Crippen LogP contribution in [0.25, 0.3) is 11.2 Å². The maximum atomic E-state index is 11.9. The first kappa shape index (κ1) is 28.5. The van der Waals surface area contributed by atoms with Crippen LogP contribution in [0.15, 0.2) is 24.3 Å². The van der Waals surface area contributed by atoms with Crippen molar-refractivity contribution < 1.29 is 42.9 Å². The molecular weight excluding hydrogens is 502 g/mol. The molecule has 0 amide bonds. The number of anilines is 1. The summed E-state index contributed by atoms with van der Waals surface area (Å²) in [6, 6.07) is -0.202. The van der Waals surface area contributed by atoms with E-state index in [0.29, 0.717) is 17.0 Å². The molecule has 0 unspecified atom stereocenters. The maximum absolute atomic E-state index is 11.9. The SMILES string of the molecule is CC(=O)OC/C(C)=C/[C@@H](C)Nc1ncnc2c1ncn2[C@@H]1O[C@H](COC(C)=O)[C@@H](OC(C)=O)[C@H]1OC(C)=O. The van der Waals surface area contributed by atoms with E-state index in [1.807, 2.05) is 19.9 Å². The van der Waals surface area contributed by atoms with Gasteiger partial charge < -0.3 is 29.0 Å². The molecule has 0 aliphatic carbocycles. The Hall–Kier alpha value is -4.07. The van der Waals surface area contributed by atoms with Gasteiger partial charge >= 0.3 is 23.9 Å². The second kappa shape index (κ2) is 12.4. The molecule has 2 aromatic heterocycles. The second-order valence-corrected chi connectivity index (χ2v) is 8.79. The molecule has 3 rings (SSSR count). The van der Waals surface area contributed by atoms with Gasteiger partial charge in [-0.1, -0.05) is 6.08 Å². The second-order valence-electron chi connectivity index (χ2n) is 8.79. The van der Waals surface area contributed by atoms with Crippen LogP contribution in [0.2, 0.25) is 0 Å². The quantitative estimate of drug-likeness (QED) is 0.265. The van der Waals surface area contributed by atoms with Gasteiger partial charge in [0.1, 0.15) is 25.6 Å². The molecule has 206 valence electrons. The van der Waals surface area contributed by atoms with E-state index < -0.39 is 42.4 Å². The topological polar surface area (TPSA) is 170 Å². The number of carbonyl (C=O) groups is 4. The van der Waals surface area contributed by atoms with Crippen LogP contribution in [0.1, 0.15) is 47.8 Å². The van der Waals surface area contributed by atoms with Gasteiger partial charge in [0.05, 0.1) is 6.33 Å². The number of aromatic nitrogens is 4. The zero-order valence-electron chi connectivity index (χ0n) is 22.0. The lowest BCUT2D eigenvalue weighted by Gasteiger charge is -2.23. The molecule has 1 saturated heterocycles. The molecule has 0 saturated carbocycles. The van der Waals surface area contributed by atoms with Gasteiger partial charge in [-0.05, 0) is 19.4 Å². The van der Waals surface area contributed by atoms with Gasteiger partial charge in [0.15, 0.2) is 35.4 Å². The van der Waals surface area contributed by atoms with Crippen LogP contribution < -0.4 is 5.32 Å². The Labute approximate surface area is 218 Å². The maximum Gasteiger partial charge on any atom is 0.303 e. The standard InChI is InChI=1S/C24H31N5O9/c1-12(8-34-14(3)30)7-13(2)28-22-19-23(26-10-25-22)29(11-27-19)24-21(37-17(6)33)20(36-16(5)32)18(38-24)9-35-15(4)31/h7,10-11,13,18,20-21,24H,8-9H2,1-6H3,(H,25,26,28)/b12-7+/t13-,18-,20-,21-,24-/m1/s1. The first-order chi connectivity index (χ1) is 18.0. The molecule has 14 heteroatoms. The van der Waals surface area contributed by atoms with Crippen molar-refractivity contribution in [3.05, 3.63) is 24.3 Å². The average Bonchev–Trinajstić information content (AvgIpc) is 3.38. The number of rotatable bonds is 10. The molecule has 3 heterocycles. The lowest BCUT2D eigenvalue weighted by molar-refractivity contribution is -0.166. The highest BCUT2D eigenvalue weighted by Gasteiger charge is 2.51. The molecule has 38 heavy (non-hydrogen) atoms. The number of nitrogens with zero attached hydrogens (tertiary/aromatic N) is 4. The Morgan fingerprint density at radius 3 is 2.26 bits per heavy atom. The summed E-state index contributed by atoms with van der Waals surface area (Å²) in [6.45, 7) is 8.68. The van der Waals surface area contributed by atoms with Gasteiger partial charge in [0.2, 0.25) is 0 Å². The van der Waals surface area contributed by atoms with E-state index in [-0.39, 0.29) is 25.2 Å². The van der Waals surface area contributed by atoms with Crippen LogP contribution in [-0.2, 0) is 42.9 Å². The van der Waals surface area contributed by atoms with Crippen molar-refractivity contribution in [3.8, 4) is 0 Å². The first-order valence-electron chi connectivity index (χ1n) is 11.8. The fourth-order valence-corrected chi connectivity index (χ4v) is 4.01. The number of esters is 4. The lowest BCUT2D eigenvalue weighted by atomic mass is 10.1. The van der Waals surface area contributed by atoms with Gasteiger partial charge in [-0.15, -0.1) is 0 Å². The van der Waals surface area contributed by atoms with Crippen molar-refractivity contribution in [2.45, 2.75) is 72.1 Å². The normalized spacial score (nSPS) is 22.0. The van der Waals surface area contributed by atoms with E-state index in [1.165, 1.54) is 44.9 Å². The summed E-state index contributed by atoms with van der Waals surface area (Å²) in [5.41, 5.74) is 1.60. The monoisotopic (exact) mass is 533 g/mol. The van der Waals surface area contributed by atoms with Crippen molar-refractivity contribution in [2.24, 2.45) is 0 Å². The lowest BCUT2D eigenvalue weighted by Crippen LogP contribution is -2.40. The van der Waals surface area contributed by atoms with Crippen molar-refractivity contribution in [1.82, 2.24) is 19.5 Å².